The molecule has 0 fully saturated rings. The number of rotatable bonds is 5. The molecular formula is C19H24N4O4. The third-order valence-electron chi connectivity index (χ3n) is 5.05. The molecule has 27 heavy (non-hydrogen) atoms. The number of ether oxygens (including phenoxy) is 3. The summed E-state index contributed by atoms with van der Waals surface area (Å²) in [6, 6.07) is 5.91. The van der Waals surface area contributed by atoms with Gasteiger partial charge >= 0.3 is 0 Å². The van der Waals surface area contributed by atoms with Crippen molar-refractivity contribution in [1.29, 1.82) is 0 Å². The lowest BCUT2D eigenvalue weighted by atomic mass is 9.98. The number of fused-ring (bicyclic) bond motifs is 2. The molecule has 8 heteroatoms. The van der Waals surface area contributed by atoms with Crippen LogP contribution in [-0.4, -0.2) is 54.5 Å². The smallest absolute Gasteiger partial charge is 0.242 e. The lowest BCUT2D eigenvalue weighted by molar-refractivity contribution is -0.130. The second-order valence-electron chi connectivity index (χ2n) is 6.69. The largest absolute Gasteiger partial charge is 0.493 e. The van der Waals surface area contributed by atoms with Gasteiger partial charge in [0.15, 0.2) is 11.5 Å². The van der Waals surface area contributed by atoms with E-state index < -0.39 is 0 Å². The second kappa shape index (κ2) is 7.48. The monoisotopic (exact) mass is 372 g/mol. The van der Waals surface area contributed by atoms with Gasteiger partial charge < -0.3 is 24.4 Å². The third-order valence-corrected chi connectivity index (χ3v) is 5.05. The van der Waals surface area contributed by atoms with Crippen molar-refractivity contribution in [2.24, 2.45) is 0 Å². The molecular weight excluding hydrogens is 348 g/mol. The van der Waals surface area contributed by atoms with E-state index in [-0.39, 0.29) is 12.5 Å². The number of carbonyl (C=O) groups excluding carboxylic acids is 1. The number of anilines is 1. The summed E-state index contributed by atoms with van der Waals surface area (Å²) >= 11 is 0. The van der Waals surface area contributed by atoms with Crippen LogP contribution < -0.4 is 14.8 Å². The van der Waals surface area contributed by atoms with Gasteiger partial charge in [-0.05, 0) is 29.7 Å². The highest BCUT2D eigenvalue weighted by Gasteiger charge is 2.23. The average molecular weight is 372 g/mol. The van der Waals surface area contributed by atoms with E-state index in [2.05, 4.69) is 10.4 Å². The summed E-state index contributed by atoms with van der Waals surface area (Å²) in [6.07, 6.45) is 0.803. The zero-order chi connectivity index (χ0) is 18.8. The maximum atomic E-state index is 12.7. The molecule has 1 amide bonds. The van der Waals surface area contributed by atoms with Gasteiger partial charge in [-0.1, -0.05) is 0 Å². The summed E-state index contributed by atoms with van der Waals surface area (Å²) in [5.41, 5.74) is 3.33. The van der Waals surface area contributed by atoms with E-state index in [1.54, 1.807) is 14.2 Å². The van der Waals surface area contributed by atoms with E-state index in [4.69, 9.17) is 14.2 Å². The maximum Gasteiger partial charge on any atom is 0.242 e. The summed E-state index contributed by atoms with van der Waals surface area (Å²) in [4.78, 5) is 14.5. The highest BCUT2D eigenvalue weighted by molar-refractivity contribution is 5.81. The zero-order valence-electron chi connectivity index (χ0n) is 15.7. The van der Waals surface area contributed by atoms with Gasteiger partial charge in [-0.3, -0.25) is 9.48 Å². The SMILES string of the molecule is COc1cc2c(cc1OC)CN(C(=O)CNc1cc3n(n1)CCOC3)CC2. The van der Waals surface area contributed by atoms with Gasteiger partial charge in [-0.15, -0.1) is 0 Å². The van der Waals surface area contributed by atoms with Crippen molar-refractivity contribution in [3.05, 3.63) is 35.0 Å². The highest BCUT2D eigenvalue weighted by atomic mass is 16.5. The first kappa shape index (κ1) is 17.7. The van der Waals surface area contributed by atoms with E-state index in [0.29, 0.717) is 37.9 Å². The minimum atomic E-state index is 0.0534. The molecule has 0 saturated heterocycles. The maximum absolute atomic E-state index is 12.7. The minimum absolute atomic E-state index is 0.0534. The van der Waals surface area contributed by atoms with Gasteiger partial charge in [0.05, 0.1) is 46.2 Å². The number of benzene rings is 1. The first-order chi connectivity index (χ1) is 13.2. The molecule has 0 atom stereocenters. The van der Waals surface area contributed by atoms with Crippen molar-refractivity contribution in [3.63, 3.8) is 0 Å². The summed E-state index contributed by atoms with van der Waals surface area (Å²) in [5, 5.41) is 7.61. The van der Waals surface area contributed by atoms with Crippen LogP contribution in [0.5, 0.6) is 11.5 Å². The predicted molar refractivity (Wildman–Crippen MR) is 99.0 cm³/mol. The molecule has 0 bridgehead atoms. The molecule has 2 aromatic rings. The number of amides is 1. The molecule has 1 aromatic heterocycles. The molecule has 3 heterocycles. The standard InChI is InChI=1S/C19H24N4O4/c1-25-16-7-13-3-4-22(11-14(13)8-17(16)26-2)19(24)10-20-18-9-15-12-27-6-5-23(15)21-18/h7-9H,3-6,10-12H2,1-2H3,(H,20,21). The molecule has 0 radical (unpaired) electrons. The lowest BCUT2D eigenvalue weighted by Gasteiger charge is -2.29. The van der Waals surface area contributed by atoms with Gasteiger partial charge in [-0.25, -0.2) is 0 Å². The first-order valence-corrected chi connectivity index (χ1v) is 9.08. The van der Waals surface area contributed by atoms with Crippen LogP contribution in [0.3, 0.4) is 0 Å². The van der Waals surface area contributed by atoms with E-state index in [9.17, 15) is 4.79 Å². The van der Waals surface area contributed by atoms with Crippen molar-refractivity contribution in [3.8, 4) is 11.5 Å². The number of carbonyl (C=O) groups is 1. The number of hydrogen-bond acceptors (Lipinski definition) is 6. The van der Waals surface area contributed by atoms with Crippen LogP contribution in [0.25, 0.3) is 0 Å². The predicted octanol–water partition coefficient (Wildman–Crippen LogP) is 1.43. The molecule has 0 saturated carbocycles. The van der Waals surface area contributed by atoms with E-state index in [1.165, 1.54) is 5.56 Å². The molecule has 4 rings (SSSR count). The van der Waals surface area contributed by atoms with Gasteiger partial charge in [0.25, 0.3) is 0 Å². The Labute approximate surface area is 158 Å². The van der Waals surface area contributed by atoms with Gasteiger partial charge in [0.1, 0.15) is 5.82 Å². The van der Waals surface area contributed by atoms with Gasteiger partial charge in [-0.2, -0.15) is 5.10 Å². The van der Waals surface area contributed by atoms with Crippen LogP contribution in [0.1, 0.15) is 16.8 Å². The Morgan fingerprint density at radius 3 is 2.70 bits per heavy atom. The highest BCUT2D eigenvalue weighted by Crippen LogP contribution is 2.33. The molecule has 1 N–H and O–H groups in total. The Morgan fingerprint density at radius 2 is 1.96 bits per heavy atom. The molecule has 144 valence electrons. The van der Waals surface area contributed by atoms with Crippen molar-refractivity contribution in [2.45, 2.75) is 26.1 Å². The Morgan fingerprint density at radius 1 is 1.19 bits per heavy atom. The van der Waals surface area contributed by atoms with Crippen LogP contribution in [0, 0.1) is 0 Å². The quantitative estimate of drug-likeness (QED) is 0.856. The zero-order valence-corrected chi connectivity index (χ0v) is 15.7. The average Bonchev–Trinajstić information content (AvgIpc) is 3.13. The number of methoxy groups -OCH3 is 2. The Hall–Kier alpha value is -2.74. The van der Waals surface area contributed by atoms with Crippen molar-refractivity contribution >= 4 is 11.7 Å². The summed E-state index contributed by atoms with van der Waals surface area (Å²) < 4.78 is 18.1. The number of hydrogen-bond donors (Lipinski definition) is 1. The minimum Gasteiger partial charge on any atom is -0.493 e. The molecule has 2 aliphatic heterocycles. The van der Waals surface area contributed by atoms with Crippen molar-refractivity contribution in [2.75, 3.05) is 39.2 Å². The first-order valence-electron chi connectivity index (χ1n) is 9.08. The van der Waals surface area contributed by atoms with Crippen LogP contribution >= 0.6 is 0 Å². The topological polar surface area (TPSA) is 77.9 Å². The normalized spacial score (nSPS) is 15.7. The van der Waals surface area contributed by atoms with E-state index in [1.807, 2.05) is 27.8 Å². The molecule has 1 aromatic carbocycles. The van der Waals surface area contributed by atoms with Gasteiger partial charge in [0, 0.05) is 19.2 Å². The molecule has 0 aliphatic carbocycles. The molecule has 0 unspecified atom stereocenters. The number of aromatic nitrogens is 2. The Kier molecular flexibility index (Phi) is 4.89. The van der Waals surface area contributed by atoms with Crippen LogP contribution in [-0.2, 0) is 35.6 Å². The fourth-order valence-corrected chi connectivity index (χ4v) is 3.55. The molecule has 0 spiro atoms. The number of nitrogens with one attached hydrogen (secondary N) is 1. The second-order valence-corrected chi connectivity index (χ2v) is 6.69. The fraction of sp³-hybridized carbons (Fsp3) is 0.474. The van der Waals surface area contributed by atoms with Crippen LogP contribution in [0.2, 0.25) is 0 Å². The van der Waals surface area contributed by atoms with Gasteiger partial charge in [0.2, 0.25) is 5.91 Å². The summed E-state index contributed by atoms with van der Waals surface area (Å²) in [5.74, 6) is 2.19. The number of nitrogens with zero attached hydrogens (tertiary/aromatic N) is 3. The van der Waals surface area contributed by atoms with Crippen LogP contribution in [0.4, 0.5) is 5.82 Å². The summed E-state index contributed by atoms with van der Waals surface area (Å²) in [6.45, 7) is 3.48. The molecule has 8 nitrogen and oxygen atoms in total. The Balaban J connectivity index is 1.39. The van der Waals surface area contributed by atoms with Crippen molar-refractivity contribution < 1.29 is 19.0 Å². The van der Waals surface area contributed by atoms with E-state index in [0.717, 1.165) is 30.0 Å². The fourth-order valence-electron chi connectivity index (χ4n) is 3.55. The third kappa shape index (κ3) is 3.57. The lowest BCUT2D eigenvalue weighted by Crippen LogP contribution is -2.39. The van der Waals surface area contributed by atoms with E-state index >= 15 is 0 Å². The molecule has 2 aliphatic rings. The van der Waals surface area contributed by atoms with Crippen molar-refractivity contribution in [1.82, 2.24) is 14.7 Å². The van der Waals surface area contributed by atoms with Crippen LogP contribution in [0.15, 0.2) is 18.2 Å². The summed E-state index contributed by atoms with van der Waals surface area (Å²) in [7, 11) is 3.25. The Bertz CT molecular complexity index is 825.